The maximum absolute atomic E-state index is 10.9. The van der Waals surface area contributed by atoms with Gasteiger partial charge in [-0.05, 0) is 11.6 Å². The second-order valence-electron chi connectivity index (χ2n) is 3.51. The Morgan fingerprint density at radius 1 is 1.56 bits per heavy atom. The van der Waals surface area contributed by atoms with Gasteiger partial charge in [0, 0.05) is 23.2 Å². The van der Waals surface area contributed by atoms with Crippen molar-refractivity contribution in [1.29, 1.82) is 5.26 Å². The third-order valence-corrected chi connectivity index (χ3v) is 2.60. The molecule has 0 fully saturated rings. The fourth-order valence-electron chi connectivity index (χ4n) is 1.30. The summed E-state index contributed by atoms with van der Waals surface area (Å²) in [5, 5.41) is 12.3. The van der Waals surface area contributed by atoms with E-state index in [1.54, 1.807) is 6.07 Å². The third kappa shape index (κ3) is 4.48. The van der Waals surface area contributed by atoms with E-state index in [2.05, 4.69) is 16.1 Å². The molecule has 0 aliphatic heterocycles. The molecular weight excluding hydrogens is 252 g/mol. The van der Waals surface area contributed by atoms with Crippen LogP contribution in [0, 0.1) is 11.3 Å². The Balaban J connectivity index is 2.63. The number of benzene rings is 1. The highest BCUT2D eigenvalue weighted by Gasteiger charge is 2.03. The predicted molar refractivity (Wildman–Crippen MR) is 68.9 cm³/mol. The Morgan fingerprint density at radius 3 is 2.89 bits per heavy atom. The molecule has 0 saturated heterocycles. The zero-order valence-electron chi connectivity index (χ0n) is 9.94. The molecule has 0 aliphatic carbocycles. The van der Waals surface area contributed by atoms with Crippen molar-refractivity contribution in [2.75, 3.05) is 13.7 Å². The highest BCUT2D eigenvalue weighted by molar-refractivity contribution is 6.31. The van der Waals surface area contributed by atoms with Gasteiger partial charge in [-0.3, -0.25) is 4.79 Å². The van der Waals surface area contributed by atoms with Gasteiger partial charge in [-0.2, -0.15) is 5.26 Å². The van der Waals surface area contributed by atoms with E-state index in [-0.39, 0.29) is 12.5 Å². The first-order valence-electron chi connectivity index (χ1n) is 5.30. The van der Waals surface area contributed by atoms with E-state index >= 15 is 0 Å². The molecule has 0 aliphatic rings. The van der Waals surface area contributed by atoms with Gasteiger partial charge in [0.1, 0.15) is 6.54 Å². The number of carbonyl (C=O) groups excluding carboxylic acids is 1. The van der Waals surface area contributed by atoms with Gasteiger partial charge in [-0.1, -0.05) is 29.8 Å². The SMILES string of the molecule is COC(=O)CN/C=C(/C#N)Cc1ccccc1Cl. The van der Waals surface area contributed by atoms with Gasteiger partial charge >= 0.3 is 5.97 Å². The average Bonchev–Trinajstić information content (AvgIpc) is 2.39. The molecule has 0 aromatic heterocycles. The third-order valence-electron chi connectivity index (χ3n) is 2.23. The van der Waals surface area contributed by atoms with Crippen molar-refractivity contribution >= 4 is 17.6 Å². The van der Waals surface area contributed by atoms with Crippen LogP contribution >= 0.6 is 11.6 Å². The van der Waals surface area contributed by atoms with E-state index in [1.165, 1.54) is 13.3 Å². The Bertz CT molecular complexity index is 492. The molecule has 0 saturated carbocycles. The van der Waals surface area contributed by atoms with E-state index in [1.807, 2.05) is 18.2 Å². The number of ether oxygens (including phenoxy) is 1. The molecule has 1 aromatic carbocycles. The summed E-state index contributed by atoms with van der Waals surface area (Å²) in [6.07, 6.45) is 1.92. The molecule has 1 rings (SSSR count). The largest absolute Gasteiger partial charge is 0.468 e. The van der Waals surface area contributed by atoms with Crippen LogP contribution in [0.4, 0.5) is 0 Å². The molecule has 94 valence electrons. The van der Waals surface area contributed by atoms with Crippen molar-refractivity contribution in [1.82, 2.24) is 5.32 Å². The van der Waals surface area contributed by atoms with Gasteiger partial charge < -0.3 is 10.1 Å². The molecule has 0 heterocycles. The Labute approximate surface area is 111 Å². The van der Waals surface area contributed by atoms with Gasteiger partial charge in [-0.15, -0.1) is 0 Å². The lowest BCUT2D eigenvalue weighted by Gasteiger charge is -2.03. The molecule has 1 N–H and O–H groups in total. The minimum atomic E-state index is -0.388. The Hall–Kier alpha value is -1.99. The zero-order valence-corrected chi connectivity index (χ0v) is 10.7. The maximum atomic E-state index is 10.9. The van der Waals surface area contributed by atoms with Crippen LogP contribution < -0.4 is 5.32 Å². The second-order valence-corrected chi connectivity index (χ2v) is 3.91. The highest BCUT2D eigenvalue weighted by atomic mass is 35.5. The second kappa shape index (κ2) is 7.36. The van der Waals surface area contributed by atoms with Crippen LogP contribution in [0.25, 0.3) is 0 Å². The van der Waals surface area contributed by atoms with Crippen molar-refractivity contribution in [2.24, 2.45) is 0 Å². The first kappa shape index (κ1) is 14.1. The molecule has 0 unspecified atom stereocenters. The molecule has 0 atom stereocenters. The number of methoxy groups -OCH3 is 1. The Kier molecular flexibility index (Phi) is 5.75. The molecule has 0 radical (unpaired) electrons. The van der Waals surface area contributed by atoms with Crippen LogP contribution in [-0.4, -0.2) is 19.6 Å². The summed E-state index contributed by atoms with van der Waals surface area (Å²) < 4.78 is 4.47. The first-order valence-corrected chi connectivity index (χ1v) is 5.68. The lowest BCUT2D eigenvalue weighted by Crippen LogP contribution is -2.19. The zero-order chi connectivity index (χ0) is 13.4. The molecule has 18 heavy (non-hydrogen) atoms. The highest BCUT2D eigenvalue weighted by Crippen LogP contribution is 2.17. The van der Waals surface area contributed by atoms with Crippen molar-refractivity contribution in [3.05, 3.63) is 46.6 Å². The lowest BCUT2D eigenvalue weighted by atomic mass is 10.1. The van der Waals surface area contributed by atoms with Gasteiger partial charge in [0.2, 0.25) is 0 Å². The first-order chi connectivity index (χ1) is 8.67. The van der Waals surface area contributed by atoms with Crippen molar-refractivity contribution in [3.63, 3.8) is 0 Å². The number of hydrogen-bond acceptors (Lipinski definition) is 4. The van der Waals surface area contributed by atoms with Crippen LogP contribution in [0.5, 0.6) is 0 Å². The summed E-state index contributed by atoms with van der Waals surface area (Å²) in [7, 11) is 1.31. The summed E-state index contributed by atoms with van der Waals surface area (Å²) in [5.41, 5.74) is 1.36. The van der Waals surface area contributed by atoms with Crippen molar-refractivity contribution in [2.45, 2.75) is 6.42 Å². The number of halogens is 1. The number of rotatable bonds is 5. The van der Waals surface area contributed by atoms with E-state index < -0.39 is 0 Å². The average molecular weight is 265 g/mol. The molecule has 4 nitrogen and oxygen atoms in total. The number of esters is 1. The van der Waals surface area contributed by atoms with Gasteiger partial charge in [0.05, 0.1) is 13.2 Å². The summed E-state index contributed by atoms with van der Waals surface area (Å²) in [6, 6.07) is 9.37. The molecular formula is C13H13ClN2O2. The van der Waals surface area contributed by atoms with Crippen LogP contribution in [-0.2, 0) is 16.0 Å². The van der Waals surface area contributed by atoms with E-state index in [0.717, 1.165) is 5.56 Å². The van der Waals surface area contributed by atoms with Crippen LogP contribution in [0.2, 0.25) is 5.02 Å². The summed E-state index contributed by atoms with van der Waals surface area (Å²) in [6.45, 7) is 0.0319. The predicted octanol–water partition coefficient (Wildman–Crippen LogP) is 2.05. The fourth-order valence-corrected chi connectivity index (χ4v) is 1.50. The summed E-state index contributed by atoms with van der Waals surface area (Å²) in [4.78, 5) is 10.9. The number of nitrogens with one attached hydrogen (secondary N) is 1. The minimum Gasteiger partial charge on any atom is -0.468 e. The molecule has 5 heteroatoms. The van der Waals surface area contributed by atoms with Gasteiger partial charge in [0.15, 0.2) is 0 Å². The lowest BCUT2D eigenvalue weighted by molar-refractivity contribution is -0.139. The topological polar surface area (TPSA) is 62.1 Å². The fraction of sp³-hybridized carbons (Fsp3) is 0.231. The standard InChI is InChI=1S/C13H13ClN2O2/c1-18-13(17)9-16-8-10(7-15)6-11-4-2-3-5-12(11)14/h2-5,8,16H,6,9H2,1H3/b10-8+. The van der Waals surface area contributed by atoms with E-state index in [9.17, 15) is 4.79 Å². The number of nitrogens with zero attached hydrogens (tertiary/aromatic N) is 1. The van der Waals surface area contributed by atoms with Crippen LogP contribution in [0.3, 0.4) is 0 Å². The summed E-state index contributed by atoms with van der Waals surface area (Å²) >= 11 is 6.00. The quantitative estimate of drug-likeness (QED) is 0.653. The Morgan fingerprint density at radius 2 is 2.28 bits per heavy atom. The van der Waals surface area contributed by atoms with E-state index in [0.29, 0.717) is 17.0 Å². The summed E-state index contributed by atoms with van der Waals surface area (Å²) in [5.74, 6) is -0.388. The smallest absolute Gasteiger partial charge is 0.325 e. The van der Waals surface area contributed by atoms with Crippen molar-refractivity contribution < 1.29 is 9.53 Å². The number of allylic oxidation sites excluding steroid dienone is 1. The maximum Gasteiger partial charge on any atom is 0.325 e. The molecule has 1 aromatic rings. The molecule has 0 amide bonds. The van der Waals surface area contributed by atoms with E-state index in [4.69, 9.17) is 16.9 Å². The molecule has 0 spiro atoms. The van der Waals surface area contributed by atoms with Gasteiger partial charge in [0.25, 0.3) is 0 Å². The minimum absolute atomic E-state index is 0.0319. The number of hydrogen-bond donors (Lipinski definition) is 1. The van der Waals surface area contributed by atoms with Crippen molar-refractivity contribution in [3.8, 4) is 6.07 Å². The normalized spacial score (nSPS) is 10.6. The van der Waals surface area contributed by atoms with Crippen LogP contribution in [0.15, 0.2) is 36.0 Å². The van der Waals surface area contributed by atoms with Crippen LogP contribution in [0.1, 0.15) is 5.56 Å². The number of nitriles is 1. The molecule has 0 bridgehead atoms. The van der Waals surface area contributed by atoms with Gasteiger partial charge in [-0.25, -0.2) is 0 Å². The number of carbonyl (C=O) groups is 1. The monoisotopic (exact) mass is 264 g/mol.